The molecule has 4 fully saturated rings. The Balaban J connectivity index is 1.46. The van der Waals surface area contributed by atoms with Crippen molar-refractivity contribution in [1.29, 1.82) is 0 Å². The summed E-state index contributed by atoms with van der Waals surface area (Å²) >= 11 is 5.92. The molecule has 0 aliphatic heterocycles. The van der Waals surface area contributed by atoms with Gasteiger partial charge in [0, 0.05) is 0 Å². The molecule has 30 heavy (non-hydrogen) atoms. The Kier molecular flexibility index (Phi) is 4.23. The van der Waals surface area contributed by atoms with Crippen molar-refractivity contribution in [2.75, 3.05) is 5.32 Å². The number of amides is 1. The molecule has 5 nitrogen and oxygen atoms in total. The van der Waals surface area contributed by atoms with Gasteiger partial charge in [-0.1, -0.05) is 0 Å². The number of nitrogens with one attached hydrogen (secondary N) is 1. The maximum atomic E-state index is 14.2. The lowest BCUT2D eigenvalue weighted by molar-refractivity contribution is -0.150. The molecule has 6 rings (SSSR count). The van der Waals surface area contributed by atoms with E-state index in [1.54, 1.807) is 11.0 Å². The van der Waals surface area contributed by atoms with Crippen LogP contribution in [0.25, 0.3) is 0 Å². The van der Waals surface area contributed by atoms with Crippen LogP contribution in [0.4, 0.5) is 23.2 Å². The van der Waals surface area contributed by atoms with Crippen LogP contribution in [0.3, 0.4) is 0 Å². The molecule has 1 aromatic heterocycles. The molecule has 4 bridgehead atoms. The second-order valence-electron chi connectivity index (χ2n) is 9.07. The third-order valence-electron chi connectivity index (χ3n) is 7.00. The van der Waals surface area contributed by atoms with Crippen LogP contribution < -0.4 is 5.32 Å². The molecule has 160 valence electrons. The highest BCUT2D eigenvalue weighted by Crippen LogP contribution is 2.64. The van der Waals surface area contributed by atoms with Crippen LogP contribution in [0.1, 0.15) is 44.1 Å². The molecule has 4 saturated carbocycles. The van der Waals surface area contributed by atoms with Crippen LogP contribution in [-0.4, -0.2) is 20.7 Å². The van der Waals surface area contributed by atoms with Gasteiger partial charge in [-0.05, 0) is 80.2 Å². The SMILES string of the molecule is O=C(Nc1cc(C(F)(F)F)ccc1F)C12CC3CC(C1)CC(n1cnc(Cl)n1)(C3)C2. The number of alkyl halides is 3. The maximum Gasteiger partial charge on any atom is 0.416 e. The van der Waals surface area contributed by atoms with Crippen LogP contribution >= 0.6 is 11.6 Å². The van der Waals surface area contributed by atoms with Gasteiger partial charge in [-0.3, -0.25) is 4.79 Å². The van der Waals surface area contributed by atoms with Crippen molar-refractivity contribution in [1.82, 2.24) is 14.8 Å². The summed E-state index contributed by atoms with van der Waals surface area (Å²) in [5.41, 5.74) is -2.61. The molecule has 2 aromatic rings. The van der Waals surface area contributed by atoms with Gasteiger partial charge in [0.15, 0.2) is 0 Å². The van der Waals surface area contributed by atoms with Gasteiger partial charge in [-0.2, -0.15) is 13.2 Å². The standard InChI is InChI=1S/C20H19ClF4N4O/c21-17-26-10-29(28-17)19-7-11-3-12(8-19)6-18(5-11,9-19)16(30)27-15-4-13(20(23,24)25)1-2-14(15)22/h1-2,4,10-12H,3,5-9H2,(H,27,30). The maximum absolute atomic E-state index is 14.2. The topological polar surface area (TPSA) is 59.8 Å². The molecule has 2 unspecified atom stereocenters. The first-order valence-electron chi connectivity index (χ1n) is 9.85. The van der Waals surface area contributed by atoms with Crippen LogP contribution in [0.2, 0.25) is 5.28 Å². The third-order valence-corrected chi connectivity index (χ3v) is 7.18. The Bertz CT molecular complexity index is 1010. The smallest absolute Gasteiger partial charge is 0.323 e. The van der Waals surface area contributed by atoms with E-state index < -0.39 is 40.1 Å². The van der Waals surface area contributed by atoms with Crippen molar-refractivity contribution in [2.24, 2.45) is 17.3 Å². The summed E-state index contributed by atoms with van der Waals surface area (Å²) in [7, 11) is 0. The van der Waals surface area contributed by atoms with Crippen LogP contribution in [0.15, 0.2) is 24.5 Å². The Morgan fingerprint density at radius 1 is 1.20 bits per heavy atom. The summed E-state index contributed by atoms with van der Waals surface area (Å²) in [5, 5.41) is 6.89. The zero-order valence-corrected chi connectivity index (χ0v) is 16.6. The molecule has 1 N–H and O–H groups in total. The molecular weight excluding hydrogens is 424 g/mol. The zero-order chi connectivity index (χ0) is 21.3. The molecule has 0 spiro atoms. The van der Waals surface area contributed by atoms with Crippen molar-refractivity contribution in [3.8, 4) is 0 Å². The fraction of sp³-hybridized carbons (Fsp3) is 0.550. The summed E-state index contributed by atoms with van der Waals surface area (Å²) < 4.78 is 55.1. The van der Waals surface area contributed by atoms with Gasteiger partial charge in [-0.25, -0.2) is 14.1 Å². The minimum atomic E-state index is -4.62. The normalized spacial score (nSPS) is 32.4. The van der Waals surface area contributed by atoms with Gasteiger partial charge in [-0.15, -0.1) is 5.10 Å². The van der Waals surface area contributed by atoms with Crippen molar-refractivity contribution in [3.63, 3.8) is 0 Å². The molecule has 4 aliphatic rings. The van der Waals surface area contributed by atoms with E-state index in [4.69, 9.17) is 11.6 Å². The van der Waals surface area contributed by atoms with E-state index in [-0.39, 0.29) is 5.28 Å². The number of carbonyl (C=O) groups excluding carboxylic acids is 1. The molecule has 1 aromatic carbocycles. The minimum absolute atomic E-state index is 0.135. The number of aromatic nitrogens is 3. The molecule has 10 heteroatoms. The van der Waals surface area contributed by atoms with E-state index in [1.807, 2.05) is 0 Å². The Labute approximate surface area is 174 Å². The van der Waals surface area contributed by atoms with Gasteiger partial charge < -0.3 is 5.32 Å². The third kappa shape index (κ3) is 3.09. The molecular formula is C20H19ClF4N4O. The van der Waals surface area contributed by atoms with E-state index >= 15 is 0 Å². The van der Waals surface area contributed by atoms with E-state index in [1.165, 1.54) is 0 Å². The molecule has 2 atom stereocenters. The predicted molar refractivity (Wildman–Crippen MR) is 100 cm³/mol. The van der Waals surface area contributed by atoms with E-state index in [9.17, 15) is 22.4 Å². The Morgan fingerprint density at radius 2 is 1.90 bits per heavy atom. The second-order valence-corrected chi connectivity index (χ2v) is 9.41. The first-order chi connectivity index (χ1) is 14.1. The number of halogens is 5. The van der Waals surface area contributed by atoms with Gasteiger partial charge in [0.25, 0.3) is 0 Å². The highest BCUT2D eigenvalue weighted by Gasteiger charge is 2.61. The number of nitrogens with zero attached hydrogens (tertiary/aromatic N) is 3. The molecule has 0 saturated heterocycles. The summed E-state index contributed by atoms with van der Waals surface area (Å²) in [6.07, 6.45) is 1.44. The van der Waals surface area contributed by atoms with Crippen molar-refractivity contribution >= 4 is 23.2 Å². The van der Waals surface area contributed by atoms with Crippen molar-refractivity contribution < 1.29 is 22.4 Å². The number of anilines is 1. The van der Waals surface area contributed by atoms with Gasteiger partial charge in [0.2, 0.25) is 11.2 Å². The monoisotopic (exact) mass is 442 g/mol. The van der Waals surface area contributed by atoms with Gasteiger partial charge in [0.05, 0.1) is 22.2 Å². The van der Waals surface area contributed by atoms with Crippen molar-refractivity contribution in [2.45, 2.75) is 50.2 Å². The fourth-order valence-corrected chi connectivity index (χ4v) is 6.40. The largest absolute Gasteiger partial charge is 0.416 e. The first-order valence-corrected chi connectivity index (χ1v) is 10.2. The average Bonchev–Trinajstić information content (AvgIpc) is 3.09. The highest BCUT2D eigenvalue weighted by atomic mass is 35.5. The Hall–Kier alpha value is -2.16. The summed E-state index contributed by atoms with van der Waals surface area (Å²) in [5.74, 6) is -0.720. The molecule has 0 radical (unpaired) electrons. The quantitative estimate of drug-likeness (QED) is 0.679. The highest BCUT2D eigenvalue weighted by molar-refractivity contribution is 6.28. The first kappa shape index (κ1) is 19.8. The number of hydrogen-bond donors (Lipinski definition) is 1. The van der Waals surface area contributed by atoms with Crippen molar-refractivity contribution in [3.05, 3.63) is 41.2 Å². The van der Waals surface area contributed by atoms with Crippen LogP contribution in [0, 0.1) is 23.1 Å². The summed E-state index contributed by atoms with van der Waals surface area (Å²) in [4.78, 5) is 17.3. The number of rotatable bonds is 3. The lowest BCUT2D eigenvalue weighted by Gasteiger charge is -2.60. The van der Waals surface area contributed by atoms with Gasteiger partial charge >= 0.3 is 6.18 Å². The van der Waals surface area contributed by atoms with E-state index in [0.717, 1.165) is 25.3 Å². The average molecular weight is 443 g/mol. The number of carbonyl (C=O) groups is 1. The Morgan fingerprint density at radius 3 is 2.50 bits per heavy atom. The summed E-state index contributed by atoms with van der Waals surface area (Å²) in [6, 6.07) is 2.05. The number of benzene rings is 1. The van der Waals surface area contributed by atoms with Crippen LogP contribution in [0.5, 0.6) is 0 Å². The van der Waals surface area contributed by atoms with Crippen LogP contribution in [-0.2, 0) is 16.5 Å². The van der Waals surface area contributed by atoms with Gasteiger partial charge in [0.1, 0.15) is 12.1 Å². The zero-order valence-electron chi connectivity index (χ0n) is 15.8. The predicted octanol–water partition coefficient (Wildman–Crippen LogP) is 5.02. The second kappa shape index (κ2) is 6.42. The molecule has 4 aliphatic carbocycles. The van der Waals surface area contributed by atoms with E-state index in [0.29, 0.717) is 43.2 Å². The van der Waals surface area contributed by atoms with E-state index in [2.05, 4.69) is 15.4 Å². The lowest BCUT2D eigenvalue weighted by atomic mass is 9.46. The fourth-order valence-electron chi connectivity index (χ4n) is 6.27. The molecule has 1 heterocycles. The lowest BCUT2D eigenvalue weighted by Crippen LogP contribution is -2.60. The summed E-state index contributed by atoms with van der Waals surface area (Å²) in [6.45, 7) is 0. The molecule has 1 amide bonds. The minimum Gasteiger partial charge on any atom is -0.323 e. The number of hydrogen-bond acceptors (Lipinski definition) is 3.